The van der Waals surface area contributed by atoms with E-state index in [1.807, 2.05) is 24.3 Å². The number of amides is 2. The SMILES string of the molecule is CC1CN(C(=O)Nc2cnoc2)CCC1=Cc1cccc(Oc2ncc(Br)cn2)c1. The first-order chi connectivity index (χ1) is 14.6. The number of benzene rings is 1. The molecule has 1 aliphatic rings. The highest BCUT2D eigenvalue weighted by molar-refractivity contribution is 9.10. The highest BCUT2D eigenvalue weighted by Crippen LogP contribution is 2.27. The number of likely N-dealkylation sites (tertiary alicyclic amines) is 1. The Hall–Kier alpha value is -3.20. The summed E-state index contributed by atoms with van der Waals surface area (Å²) >= 11 is 3.31. The molecule has 0 radical (unpaired) electrons. The Balaban J connectivity index is 1.40. The molecule has 0 spiro atoms. The van der Waals surface area contributed by atoms with Crippen molar-refractivity contribution in [2.45, 2.75) is 13.3 Å². The third-order valence-electron chi connectivity index (χ3n) is 4.78. The maximum absolute atomic E-state index is 12.4. The van der Waals surface area contributed by atoms with E-state index in [0.717, 1.165) is 16.5 Å². The molecule has 2 amide bonds. The van der Waals surface area contributed by atoms with Gasteiger partial charge in [0.25, 0.3) is 0 Å². The summed E-state index contributed by atoms with van der Waals surface area (Å²) in [7, 11) is 0. The molecule has 1 atom stereocenters. The van der Waals surface area contributed by atoms with Crippen molar-refractivity contribution >= 4 is 33.7 Å². The normalized spacial score (nSPS) is 17.7. The fourth-order valence-electron chi connectivity index (χ4n) is 3.26. The van der Waals surface area contributed by atoms with Crippen molar-refractivity contribution in [1.82, 2.24) is 20.0 Å². The average molecular weight is 470 g/mol. The molecule has 2 aromatic heterocycles. The van der Waals surface area contributed by atoms with Crippen LogP contribution in [0.2, 0.25) is 0 Å². The lowest BCUT2D eigenvalue weighted by Gasteiger charge is -2.33. The van der Waals surface area contributed by atoms with Crippen molar-refractivity contribution in [1.29, 1.82) is 0 Å². The molecule has 1 unspecified atom stereocenters. The predicted molar refractivity (Wildman–Crippen MR) is 115 cm³/mol. The molecule has 3 aromatic rings. The number of carbonyl (C=O) groups excluding carboxylic acids is 1. The van der Waals surface area contributed by atoms with E-state index in [-0.39, 0.29) is 11.9 Å². The number of anilines is 1. The van der Waals surface area contributed by atoms with Gasteiger partial charge in [-0.15, -0.1) is 0 Å². The molecule has 8 nitrogen and oxygen atoms in total. The maximum atomic E-state index is 12.4. The van der Waals surface area contributed by atoms with Gasteiger partial charge in [-0.25, -0.2) is 14.8 Å². The Kier molecular flexibility index (Phi) is 6.08. The number of aromatic nitrogens is 3. The monoisotopic (exact) mass is 469 g/mol. The number of carbonyl (C=O) groups is 1. The van der Waals surface area contributed by atoms with Crippen LogP contribution in [0, 0.1) is 5.92 Å². The second-order valence-electron chi connectivity index (χ2n) is 7.02. The summed E-state index contributed by atoms with van der Waals surface area (Å²) in [5, 5.41) is 6.38. The second-order valence-corrected chi connectivity index (χ2v) is 7.93. The molecule has 1 aromatic carbocycles. The van der Waals surface area contributed by atoms with Gasteiger partial charge in [-0.1, -0.05) is 35.9 Å². The zero-order valence-corrected chi connectivity index (χ0v) is 17.9. The van der Waals surface area contributed by atoms with E-state index in [1.54, 1.807) is 17.3 Å². The molecule has 0 saturated carbocycles. The average Bonchev–Trinajstić information content (AvgIpc) is 3.24. The van der Waals surface area contributed by atoms with E-state index in [0.29, 0.717) is 30.5 Å². The number of piperidine rings is 1. The maximum Gasteiger partial charge on any atom is 0.322 e. The lowest BCUT2D eigenvalue weighted by Crippen LogP contribution is -2.42. The molecule has 154 valence electrons. The number of nitrogens with one attached hydrogen (secondary N) is 1. The number of hydrogen-bond acceptors (Lipinski definition) is 6. The zero-order valence-electron chi connectivity index (χ0n) is 16.3. The van der Waals surface area contributed by atoms with Gasteiger partial charge < -0.3 is 19.5 Å². The third kappa shape index (κ3) is 5.04. The van der Waals surface area contributed by atoms with E-state index >= 15 is 0 Å². The molecule has 0 aliphatic carbocycles. The van der Waals surface area contributed by atoms with E-state index in [1.165, 1.54) is 18.0 Å². The topological polar surface area (TPSA) is 93.4 Å². The van der Waals surface area contributed by atoms with Gasteiger partial charge in [-0.2, -0.15) is 0 Å². The van der Waals surface area contributed by atoms with Gasteiger partial charge in [-0.3, -0.25) is 0 Å². The number of nitrogens with zero attached hydrogens (tertiary/aromatic N) is 4. The number of hydrogen-bond donors (Lipinski definition) is 1. The molecule has 1 saturated heterocycles. The Morgan fingerprint density at radius 3 is 2.90 bits per heavy atom. The van der Waals surface area contributed by atoms with Crippen molar-refractivity contribution in [2.75, 3.05) is 18.4 Å². The van der Waals surface area contributed by atoms with Crippen molar-refractivity contribution in [3.8, 4) is 11.8 Å². The third-order valence-corrected chi connectivity index (χ3v) is 5.19. The highest BCUT2D eigenvalue weighted by atomic mass is 79.9. The molecule has 0 bridgehead atoms. The van der Waals surface area contributed by atoms with E-state index in [4.69, 9.17) is 9.26 Å². The minimum absolute atomic E-state index is 0.144. The lowest BCUT2D eigenvalue weighted by atomic mass is 9.91. The smallest absolute Gasteiger partial charge is 0.322 e. The molecular weight excluding hydrogens is 450 g/mol. The summed E-state index contributed by atoms with van der Waals surface area (Å²) < 4.78 is 11.3. The summed E-state index contributed by atoms with van der Waals surface area (Å²) in [6.07, 6.45) is 9.13. The Morgan fingerprint density at radius 1 is 1.33 bits per heavy atom. The van der Waals surface area contributed by atoms with Crippen molar-refractivity contribution in [3.63, 3.8) is 0 Å². The van der Waals surface area contributed by atoms with Crippen LogP contribution in [0.4, 0.5) is 10.5 Å². The first kappa shape index (κ1) is 20.1. The largest absolute Gasteiger partial charge is 0.424 e. The lowest BCUT2D eigenvalue weighted by molar-refractivity contribution is 0.198. The minimum atomic E-state index is -0.144. The number of urea groups is 1. The van der Waals surface area contributed by atoms with Crippen LogP contribution in [-0.2, 0) is 0 Å². The van der Waals surface area contributed by atoms with Crippen LogP contribution in [0.15, 0.2) is 63.7 Å². The molecule has 3 heterocycles. The number of rotatable bonds is 4. The van der Waals surface area contributed by atoms with Crippen molar-refractivity contribution in [2.24, 2.45) is 5.92 Å². The Morgan fingerprint density at radius 2 is 2.17 bits per heavy atom. The van der Waals surface area contributed by atoms with Crippen LogP contribution >= 0.6 is 15.9 Å². The second kappa shape index (κ2) is 9.08. The van der Waals surface area contributed by atoms with E-state index in [2.05, 4.69) is 49.4 Å². The first-order valence-corrected chi connectivity index (χ1v) is 10.3. The van der Waals surface area contributed by atoms with Gasteiger partial charge in [0.1, 0.15) is 17.7 Å². The molecule has 1 aliphatic heterocycles. The molecule has 9 heteroatoms. The van der Waals surface area contributed by atoms with Gasteiger partial charge in [0, 0.05) is 25.5 Å². The summed E-state index contributed by atoms with van der Waals surface area (Å²) in [5.74, 6) is 0.913. The first-order valence-electron chi connectivity index (χ1n) is 9.48. The fourth-order valence-corrected chi connectivity index (χ4v) is 3.46. The standard InChI is InChI=1S/C21H20BrN5O3/c1-14-12-27(21(28)26-18-11-25-29-13-18)6-5-16(14)7-15-3-2-4-19(8-15)30-20-23-9-17(22)10-24-20/h2-4,7-11,13-14H,5-6,12H2,1H3,(H,26,28). The molecule has 4 rings (SSSR count). The summed E-state index contributed by atoms with van der Waals surface area (Å²) in [5.41, 5.74) is 2.88. The van der Waals surface area contributed by atoms with Gasteiger partial charge in [0.2, 0.25) is 0 Å². The highest BCUT2D eigenvalue weighted by Gasteiger charge is 2.24. The van der Waals surface area contributed by atoms with Crippen molar-refractivity contribution < 1.29 is 14.1 Å². The summed E-state index contributed by atoms with van der Waals surface area (Å²) in [6.45, 7) is 3.42. The number of ether oxygens (including phenoxy) is 1. The van der Waals surface area contributed by atoms with Crippen LogP contribution in [-0.4, -0.2) is 39.1 Å². The zero-order chi connectivity index (χ0) is 20.9. The van der Waals surface area contributed by atoms with Crippen LogP contribution in [0.5, 0.6) is 11.8 Å². The molecular formula is C21H20BrN5O3. The summed E-state index contributed by atoms with van der Waals surface area (Å²) in [4.78, 5) is 22.5. The number of halogens is 1. The van der Waals surface area contributed by atoms with Crippen LogP contribution < -0.4 is 10.1 Å². The van der Waals surface area contributed by atoms with Gasteiger partial charge >= 0.3 is 12.0 Å². The van der Waals surface area contributed by atoms with E-state index < -0.39 is 0 Å². The van der Waals surface area contributed by atoms with Gasteiger partial charge in [0.15, 0.2) is 0 Å². The van der Waals surface area contributed by atoms with Crippen LogP contribution in [0.1, 0.15) is 18.9 Å². The summed E-state index contributed by atoms with van der Waals surface area (Å²) in [6, 6.07) is 7.94. The molecule has 1 N–H and O–H groups in total. The van der Waals surface area contributed by atoms with Crippen LogP contribution in [0.3, 0.4) is 0 Å². The van der Waals surface area contributed by atoms with E-state index in [9.17, 15) is 4.79 Å². The minimum Gasteiger partial charge on any atom is -0.424 e. The Bertz CT molecular complexity index is 1040. The Labute approximate surface area is 182 Å². The van der Waals surface area contributed by atoms with Gasteiger partial charge in [-0.05, 0) is 46.0 Å². The van der Waals surface area contributed by atoms with Crippen LogP contribution in [0.25, 0.3) is 6.08 Å². The fraction of sp³-hybridized carbons (Fsp3) is 0.238. The predicted octanol–water partition coefficient (Wildman–Crippen LogP) is 4.98. The molecule has 1 fully saturated rings. The molecule has 30 heavy (non-hydrogen) atoms. The van der Waals surface area contributed by atoms with Crippen molar-refractivity contribution in [3.05, 3.63) is 64.7 Å². The quantitative estimate of drug-likeness (QED) is 0.579. The van der Waals surface area contributed by atoms with Gasteiger partial charge in [0.05, 0.1) is 10.7 Å².